The zero-order valence-electron chi connectivity index (χ0n) is 10.7. The van der Waals surface area contributed by atoms with Crippen LogP contribution in [0.1, 0.15) is 40.6 Å². The molecule has 2 fully saturated rings. The molecule has 0 saturated carbocycles. The van der Waals surface area contributed by atoms with E-state index in [1.54, 1.807) is 0 Å². The predicted molar refractivity (Wildman–Crippen MR) is 70.9 cm³/mol. The summed E-state index contributed by atoms with van der Waals surface area (Å²) in [4.78, 5) is 8.93. The second kappa shape index (κ2) is 4.27. The van der Waals surface area contributed by atoms with Crippen molar-refractivity contribution in [1.29, 1.82) is 0 Å². The van der Waals surface area contributed by atoms with E-state index < -0.39 is 0 Å². The highest BCUT2D eigenvalue weighted by Crippen LogP contribution is 2.45. The van der Waals surface area contributed by atoms with E-state index in [0.29, 0.717) is 6.04 Å². The maximum absolute atomic E-state index is 5.82. The number of nitrogens with zero attached hydrogens (tertiary/aromatic N) is 2. The van der Waals surface area contributed by atoms with Crippen molar-refractivity contribution >= 4 is 11.3 Å². The maximum Gasteiger partial charge on any atom is 0.123 e. The molecule has 4 nitrogen and oxygen atoms in total. The number of nitrogens with one attached hydrogen (secondary N) is 1. The molecule has 0 aliphatic carbocycles. The van der Waals surface area contributed by atoms with Gasteiger partial charge in [-0.15, -0.1) is 11.3 Å². The van der Waals surface area contributed by atoms with Crippen molar-refractivity contribution in [2.45, 2.75) is 37.5 Å². The van der Waals surface area contributed by atoms with Gasteiger partial charge in [0.1, 0.15) is 11.1 Å². The molecular weight excluding hydrogens is 246 g/mol. The Kier molecular flexibility index (Phi) is 2.69. The first kappa shape index (κ1) is 11.3. The Labute approximate surface area is 111 Å². The summed E-state index contributed by atoms with van der Waals surface area (Å²) >= 11 is 1.89. The average molecular weight is 265 g/mol. The minimum absolute atomic E-state index is 0.179. The number of ether oxygens (including phenoxy) is 1. The molecule has 3 atom stereocenters. The Morgan fingerprint density at radius 1 is 1.44 bits per heavy atom. The Bertz CT molecular complexity index is 455. The fourth-order valence-corrected chi connectivity index (χ4v) is 4.78. The van der Waals surface area contributed by atoms with Crippen LogP contribution >= 0.6 is 11.3 Å². The summed E-state index contributed by atoms with van der Waals surface area (Å²) in [5.41, 5.74) is 1.36. The SMILES string of the molecule is CN1C2CCC1c1sc(C3CNCCO3)nc1C2. The van der Waals surface area contributed by atoms with Crippen molar-refractivity contribution in [2.24, 2.45) is 0 Å². The van der Waals surface area contributed by atoms with Gasteiger partial charge < -0.3 is 10.1 Å². The van der Waals surface area contributed by atoms with E-state index in [9.17, 15) is 0 Å². The van der Waals surface area contributed by atoms with Crippen molar-refractivity contribution in [3.63, 3.8) is 0 Å². The van der Waals surface area contributed by atoms with Gasteiger partial charge in [-0.1, -0.05) is 0 Å². The molecule has 2 saturated heterocycles. The molecular formula is C13H19N3OS. The lowest BCUT2D eigenvalue weighted by molar-refractivity contribution is 0.0274. The van der Waals surface area contributed by atoms with E-state index in [1.807, 2.05) is 11.3 Å². The standard InChI is InChI=1S/C13H19N3OS/c1-16-8-2-3-10(16)12-9(6-8)15-13(18-12)11-7-14-4-5-17-11/h8,10-11,14H,2-7H2,1H3. The Hall–Kier alpha value is -0.490. The van der Waals surface area contributed by atoms with E-state index in [-0.39, 0.29) is 6.10 Å². The lowest BCUT2D eigenvalue weighted by atomic mass is 10.1. The smallest absolute Gasteiger partial charge is 0.123 e. The number of thiazole rings is 1. The van der Waals surface area contributed by atoms with Gasteiger partial charge in [0.05, 0.1) is 12.3 Å². The number of aromatic nitrogens is 1. The number of fused-ring (bicyclic) bond motifs is 4. The largest absolute Gasteiger partial charge is 0.368 e. The molecule has 4 rings (SSSR count). The first-order valence-electron chi connectivity index (χ1n) is 6.86. The van der Waals surface area contributed by atoms with Gasteiger partial charge in [0, 0.05) is 36.5 Å². The second-order valence-electron chi connectivity index (χ2n) is 5.54. The molecule has 0 aromatic carbocycles. The van der Waals surface area contributed by atoms with Crippen LogP contribution in [0.3, 0.4) is 0 Å². The number of rotatable bonds is 1. The van der Waals surface area contributed by atoms with Crippen LogP contribution < -0.4 is 5.32 Å². The van der Waals surface area contributed by atoms with Crippen molar-refractivity contribution in [3.8, 4) is 0 Å². The van der Waals surface area contributed by atoms with Crippen molar-refractivity contribution in [3.05, 3.63) is 15.6 Å². The van der Waals surface area contributed by atoms with E-state index in [2.05, 4.69) is 17.3 Å². The molecule has 0 spiro atoms. The molecule has 5 heteroatoms. The van der Waals surface area contributed by atoms with Gasteiger partial charge in [-0.25, -0.2) is 4.98 Å². The predicted octanol–water partition coefficient (Wildman–Crippen LogP) is 1.50. The van der Waals surface area contributed by atoms with E-state index in [0.717, 1.165) is 32.2 Å². The number of morpholine rings is 1. The quantitative estimate of drug-likeness (QED) is 0.835. The number of hydrogen-bond acceptors (Lipinski definition) is 5. The van der Waals surface area contributed by atoms with Crippen LogP contribution in [-0.2, 0) is 11.2 Å². The molecule has 1 aromatic rings. The molecule has 3 unspecified atom stereocenters. The van der Waals surface area contributed by atoms with Crippen LogP contribution in [0.2, 0.25) is 0 Å². The third-order valence-corrected chi connectivity index (χ3v) is 5.81. The third kappa shape index (κ3) is 1.65. The van der Waals surface area contributed by atoms with Crippen molar-refractivity contribution < 1.29 is 4.74 Å². The molecule has 0 amide bonds. The molecule has 3 aliphatic heterocycles. The fraction of sp³-hybridized carbons (Fsp3) is 0.769. The van der Waals surface area contributed by atoms with Gasteiger partial charge in [-0.2, -0.15) is 0 Å². The van der Waals surface area contributed by atoms with Crippen LogP contribution in [0, 0.1) is 0 Å². The van der Waals surface area contributed by atoms with Crippen LogP contribution in [0.4, 0.5) is 0 Å². The summed E-state index contributed by atoms with van der Waals surface area (Å²) in [6, 6.07) is 1.35. The van der Waals surface area contributed by atoms with E-state index in [1.165, 1.54) is 28.4 Å². The van der Waals surface area contributed by atoms with E-state index in [4.69, 9.17) is 9.72 Å². The Morgan fingerprint density at radius 3 is 3.22 bits per heavy atom. The Balaban J connectivity index is 1.65. The summed E-state index contributed by atoms with van der Waals surface area (Å²) in [5, 5.41) is 4.58. The summed E-state index contributed by atoms with van der Waals surface area (Å²) in [6.07, 6.45) is 3.96. The van der Waals surface area contributed by atoms with Gasteiger partial charge >= 0.3 is 0 Å². The molecule has 98 valence electrons. The zero-order valence-corrected chi connectivity index (χ0v) is 11.5. The number of hydrogen-bond donors (Lipinski definition) is 1. The van der Waals surface area contributed by atoms with Gasteiger partial charge in [0.25, 0.3) is 0 Å². The summed E-state index contributed by atoms with van der Waals surface area (Å²) < 4.78 is 5.82. The zero-order chi connectivity index (χ0) is 12.1. The van der Waals surface area contributed by atoms with Gasteiger partial charge in [0.2, 0.25) is 0 Å². The van der Waals surface area contributed by atoms with Gasteiger partial charge in [-0.3, -0.25) is 4.90 Å². The summed E-state index contributed by atoms with van der Waals surface area (Å²) in [6.45, 7) is 2.69. The van der Waals surface area contributed by atoms with Crippen LogP contribution in [0.15, 0.2) is 0 Å². The van der Waals surface area contributed by atoms with Gasteiger partial charge in [0.15, 0.2) is 0 Å². The van der Waals surface area contributed by atoms with Crippen LogP contribution in [-0.4, -0.2) is 42.7 Å². The topological polar surface area (TPSA) is 37.4 Å². The molecule has 18 heavy (non-hydrogen) atoms. The normalized spacial score (nSPS) is 35.7. The fourth-order valence-electron chi connectivity index (χ4n) is 3.45. The van der Waals surface area contributed by atoms with Crippen LogP contribution in [0.25, 0.3) is 0 Å². The van der Waals surface area contributed by atoms with Crippen LogP contribution in [0.5, 0.6) is 0 Å². The molecule has 2 bridgehead atoms. The molecule has 1 N–H and O–H groups in total. The highest BCUT2D eigenvalue weighted by molar-refractivity contribution is 7.12. The lowest BCUT2D eigenvalue weighted by Crippen LogP contribution is -2.33. The highest BCUT2D eigenvalue weighted by Gasteiger charge is 2.40. The van der Waals surface area contributed by atoms with Gasteiger partial charge in [-0.05, 0) is 19.9 Å². The average Bonchev–Trinajstić information content (AvgIpc) is 2.93. The minimum Gasteiger partial charge on any atom is -0.368 e. The first-order chi connectivity index (χ1) is 8.83. The monoisotopic (exact) mass is 265 g/mol. The second-order valence-corrected chi connectivity index (χ2v) is 6.61. The minimum atomic E-state index is 0.179. The van der Waals surface area contributed by atoms with E-state index >= 15 is 0 Å². The highest BCUT2D eigenvalue weighted by atomic mass is 32.1. The number of likely N-dealkylation sites (N-methyl/N-ethyl adjacent to an activating group) is 1. The summed E-state index contributed by atoms with van der Waals surface area (Å²) in [7, 11) is 2.27. The lowest BCUT2D eigenvalue weighted by Gasteiger charge is -2.29. The van der Waals surface area contributed by atoms with Crippen molar-refractivity contribution in [1.82, 2.24) is 15.2 Å². The molecule has 1 aromatic heterocycles. The molecule has 3 aliphatic rings. The molecule has 4 heterocycles. The molecule has 0 radical (unpaired) electrons. The summed E-state index contributed by atoms with van der Waals surface area (Å²) in [5.74, 6) is 0. The Morgan fingerprint density at radius 2 is 2.39 bits per heavy atom. The van der Waals surface area contributed by atoms with Crippen molar-refractivity contribution in [2.75, 3.05) is 26.7 Å². The third-order valence-electron chi connectivity index (χ3n) is 4.52. The first-order valence-corrected chi connectivity index (χ1v) is 7.68. The maximum atomic E-state index is 5.82.